The lowest BCUT2D eigenvalue weighted by atomic mass is 10.1. The van der Waals surface area contributed by atoms with E-state index in [9.17, 15) is 8.78 Å². The first-order chi connectivity index (χ1) is 10.9. The summed E-state index contributed by atoms with van der Waals surface area (Å²) in [5, 5.41) is 3.06. The highest BCUT2D eigenvalue weighted by Crippen LogP contribution is 2.28. The average Bonchev–Trinajstić information content (AvgIpc) is 2.47. The predicted octanol–water partition coefficient (Wildman–Crippen LogP) is 4.94. The van der Waals surface area contributed by atoms with E-state index in [0.717, 1.165) is 17.7 Å². The third-order valence-electron chi connectivity index (χ3n) is 3.51. The molecule has 0 saturated heterocycles. The first kappa shape index (κ1) is 16.9. The van der Waals surface area contributed by atoms with Crippen molar-refractivity contribution in [2.45, 2.75) is 20.8 Å². The number of aliphatic imine (C=N–C) groups is 1. The molecule has 0 amide bonds. The summed E-state index contributed by atoms with van der Waals surface area (Å²) in [4.78, 5) is 6.01. The number of nitrogens with one attached hydrogen (secondary N) is 1. The van der Waals surface area contributed by atoms with Crippen molar-refractivity contribution in [1.82, 2.24) is 4.90 Å². The van der Waals surface area contributed by atoms with Gasteiger partial charge in [0.2, 0.25) is 0 Å². The Labute approximate surface area is 135 Å². The molecular formula is C18H21F2N3. The first-order valence-electron chi connectivity index (χ1n) is 7.48. The van der Waals surface area contributed by atoms with Crippen molar-refractivity contribution >= 4 is 23.4 Å². The summed E-state index contributed by atoms with van der Waals surface area (Å²) in [7, 11) is 1.87. The molecule has 2 aromatic carbocycles. The zero-order chi connectivity index (χ0) is 17.0. The van der Waals surface area contributed by atoms with Crippen LogP contribution < -0.4 is 5.32 Å². The fourth-order valence-corrected chi connectivity index (χ4v) is 2.11. The monoisotopic (exact) mass is 317 g/mol. The van der Waals surface area contributed by atoms with Crippen molar-refractivity contribution in [3.8, 4) is 0 Å². The quantitative estimate of drug-likeness (QED) is 0.625. The Balaban J connectivity index is 2.27. The van der Waals surface area contributed by atoms with Gasteiger partial charge in [0.25, 0.3) is 0 Å². The molecule has 5 heteroatoms. The van der Waals surface area contributed by atoms with E-state index in [1.807, 2.05) is 38.8 Å². The number of hydrogen-bond acceptors (Lipinski definition) is 2. The van der Waals surface area contributed by atoms with Gasteiger partial charge in [-0.3, -0.25) is 0 Å². The zero-order valence-corrected chi connectivity index (χ0v) is 13.8. The standard InChI is InChI=1S/C18H21F2N3/c1-5-23(4)11-21-18-8-13(3)17(10-16(18)20)22-15-7-12(2)6-14(19)9-15/h6-11,22H,5H2,1-4H3. The molecule has 0 heterocycles. The summed E-state index contributed by atoms with van der Waals surface area (Å²) in [6, 6.07) is 7.69. The molecule has 0 aliphatic heterocycles. The van der Waals surface area contributed by atoms with E-state index < -0.39 is 5.82 Å². The lowest BCUT2D eigenvalue weighted by Crippen LogP contribution is -2.14. The number of hydrogen-bond donors (Lipinski definition) is 1. The Morgan fingerprint density at radius 2 is 1.87 bits per heavy atom. The van der Waals surface area contributed by atoms with Gasteiger partial charge < -0.3 is 10.2 Å². The van der Waals surface area contributed by atoms with Gasteiger partial charge in [-0.1, -0.05) is 0 Å². The van der Waals surface area contributed by atoms with Crippen LogP contribution in [0.1, 0.15) is 18.1 Å². The minimum absolute atomic E-state index is 0.281. The van der Waals surface area contributed by atoms with Crippen LogP contribution in [0.5, 0.6) is 0 Å². The minimum Gasteiger partial charge on any atom is -0.366 e. The maximum absolute atomic E-state index is 14.2. The van der Waals surface area contributed by atoms with Gasteiger partial charge in [0, 0.05) is 25.0 Å². The molecule has 0 fully saturated rings. The van der Waals surface area contributed by atoms with Crippen molar-refractivity contribution in [2.24, 2.45) is 4.99 Å². The van der Waals surface area contributed by atoms with Crippen LogP contribution >= 0.6 is 0 Å². The molecule has 2 aromatic rings. The highest BCUT2D eigenvalue weighted by atomic mass is 19.1. The molecular weight excluding hydrogens is 296 g/mol. The van der Waals surface area contributed by atoms with Crippen LogP contribution in [0.15, 0.2) is 35.3 Å². The second-order valence-electron chi connectivity index (χ2n) is 5.58. The Bertz CT molecular complexity index is 706. The van der Waals surface area contributed by atoms with Gasteiger partial charge >= 0.3 is 0 Å². The maximum Gasteiger partial charge on any atom is 0.150 e. The fourth-order valence-electron chi connectivity index (χ4n) is 2.11. The second kappa shape index (κ2) is 7.22. The van der Waals surface area contributed by atoms with Crippen LogP contribution in [0, 0.1) is 25.5 Å². The zero-order valence-electron chi connectivity index (χ0n) is 13.8. The SMILES string of the molecule is CCN(C)C=Nc1cc(C)c(Nc2cc(C)cc(F)c2)cc1F. The third-order valence-corrected chi connectivity index (χ3v) is 3.51. The van der Waals surface area contributed by atoms with Crippen LogP contribution in [-0.4, -0.2) is 24.8 Å². The molecule has 1 N–H and O–H groups in total. The van der Waals surface area contributed by atoms with E-state index in [2.05, 4.69) is 10.3 Å². The molecule has 0 saturated carbocycles. The normalized spacial score (nSPS) is 11.0. The van der Waals surface area contributed by atoms with E-state index in [4.69, 9.17) is 0 Å². The molecule has 122 valence electrons. The van der Waals surface area contributed by atoms with Crippen molar-refractivity contribution in [1.29, 1.82) is 0 Å². The Morgan fingerprint density at radius 3 is 2.52 bits per heavy atom. The fraction of sp³-hybridized carbons (Fsp3) is 0.278. The number of anilines is 2. The molecule has 3 nitrogen and oxygen atoms in total. The van der Waals surface area contributed by atoms with Crippen LogP contribution in [0.2, 0.25) is 0 Å². The molecule has 0 aliphatic carbocycles. The topological polar surface area (TPSA) is 27.6 Å². The lowest BCUT2D eigenvalue weighted by molar-refractivity contribution is 0.551. The third kappa shape index (κ3) is 4.52. The minimum atomic E-state index is -0.424. The molecule has 0 atom stereocenters. The van der Waals surface area contributed by atoms with Gasteiger partial charge in [-0.2, -0.15) is 0 Å². The predicted molar refractivity (Wildman–Crippen MR) is 92.0 cm³/mol. The number of rotatable bonds is 5. The number of aryl methyl sites for hydroxylation is 2. The van der Waals surface area contributed by atoms with E-state index in [1.54, 1.807) is 12.4 Å². The Hall–Kier alpha value is -2.43. The maximum atomic E-state index is 14.2. The van der Waals surface area contributed by atoms with Crippen LogP contribution in [-0.2, 0) is 0 Å². The number of benzene rings is 2. The van der Waals surface area contributed by atoms with Crippen LogP contribution in [0.25, 0.3) is 0 Å². The summed E-state index contributed by atoms with van der Waals surface area (Å²) in [6.45, 7) is 6.45. The summed E-state index contributed by atoms with van der Waals surface area (Å²) in [5.41, 5.74) is 3.10. The van der Waals surface area contributed by atoms with Crippen molar-refractivity contribution in [3.05, 3.63) is 53.1 Å². The van der Waals surface area contributed by atoms with Gasteiger partial charge in [0.05, 0.1) is 6.34 Å². The van der Waals surface area contributed by atoms with E-state index >= 15 is 0 Å². The largest absolute Gasteiger partial charge is 0.366 e. The number of nitrogens with zero attached hydrogens (tertiary/aromatic N) is 2. The molecule has 0 spiro atoms. The Kier molecular flexibility index (Phi) is 5.32. The summed E-state index contributed by atoms with van der Waals surface area (Å²) < 4.78 is 27.6. The number of halogens is 2. The van der Waals surface area contributed by atoms with Gasteiger partial charge in [0.1, 0.15) is 11.5 Å². The van der Waals surface area contributed by atoms with Gasteiger partial charge in [-0.15, -0.1) is 0 Å². The molecule has 0 radical (unpaired) electrons. The summed E-state index contributed by atoms with van der Waals surface area (Å²) in [5.74, 6) is -0.749. The van der Waals surface area contributed by atoms with Crippen molar-refractivity contribution in [3.63, 3.8) is 0 Å². The molecule has 0 aliphatic rings. The highest BCUT2D eigenvalue weighted by molar-refractivity contribution is 5.69. The smallest absolute Gasteiger partial charge is 0.150 e. The molecule has 2 rings (SSSR count). The summed E-state index contributed by atoms with van der Waals surface area (Å²) >= 11 is 0. The molecule has 23 heavy (non-hydrogen) atoms. The van der Waals surface area contributed by atoms with Crippen LogP contribution in [0.4, 0.5) is 25.8 Å². The van der Waals surface area contributed by atoms with Gasteiger partial charge in [-0.25, -0.2) is 13.8 Å². The van der Waals surface area contributed by atoms with Crippen molar-refractivity contribution < 1.29 is 8.78 Å². The average molecular weight is 317 g/mol. The lowest BCUT2D eigenvalue weighted by Gasteiger charge is -2.13. The second-order valence-corrected chi connectivity index (χ2v) is 5.58. The molecule has 0 aromatic heterocycles. The van der Waals surface area contributed by atoms with Gasteiger partial charge in [0.15, 0.2) is 5.82 Å². The first-order valence-corrected chi connectivity index (χ1v) is 7.48. The molecule has 0 bridgehead atoms. The van der Waals surface area contributed by atoms with Crippen LogP contribution in [0.3, 0.4) is 0 Å². The Morgan fingerprint density at radius 1 is 1.13 bits per heavy atom. The van der Waals surface area contributed by atoms with E-state index in [-0.39, 0.29) is 11.5 Å². The van der Waals surface area contributed by atoms with Gasteiger partial charge in [-0.05, 0) is 62.2 Å². The van der Waals surface area contributed by atoms with E-state index in [0.29, 0.717) is 11.4 Å². The summed E-state index contributed by atoms with van der Waals surface area (Å²) in [6.07, 6.45) is 1.60. The van der Waals surface area contributed by atoms with Crippen molar-refractivity contribution in [2.75, 3.05) is 18.9 Å². The molecule has 0 unspecified atom stereocenters. The van der Waals surface area contributed by atoms with E-state index in [1.165, 1.54) is 18.2 Å². The highest BCUT2D eigenvalue weighted by Gasteiger charge is 2.08.